The molecule has 0 saturated heterocycles. The number of likely N-dealkylation sites (N-methyl/N-ethyl adjacent to an activating group) is 1. The number of aliphatic imine (C=N–C) groups is 1. The average molecular weight is 229 g/mol. The quantitative estimate of drug-likeness (QED) is 0.752. The molecular weight excluding hydrogens is 206 g/mol. The molecule has 1 heterocycles. The maximum atomic E-state index is 4.45. The van der Waals surface area contributed by atoms with Crippen LogP contribution in [0.3, 0.4) is 0 Å². The number of nitrogens with zero attached hydrogens (tertiary/aromatic N) is 2. The summed E-state index contributed by atoms with van der Waals surface area (Å²) in [7, 11) is 0. The van der Waals surface area contributed by atoms with Crippen LogP contribution in [0.5, 0.6) is 0 Å². The highest BCUT2D eigenvalue weighted by atomic mass is 32.2. The molecule has 1 N–H and O–H groups in total. The van der Waals surface area contributed by atoms with Gasteiger partial charge in [-0.25, -0.2) is 0 Å². The first-order valence-electron chi connectivity index (χ1n) is 6.00. The summed E-state index contributed by atoms with van der Waals surface area (Å²) in [6.45, 7) is 9.97. The van der Waals surface area contributed by atoms with E-state index < -0.39 is 0 Å². The second kappa shape index (κ2) is 7.99. The van der Waals surface area contributed by atoms with Gasteiger partial charge in [0, 0.05) is 25.4 Å². The highest BCUT2D eigenvalue weighted by molar-refractivity contribution is 8.13. The van der Waals surface area contributed by atoms with Crippen LogP contribution in [0, 0.1) is 0 Å². The maximum Gasteiger partial charge on any atom is 0.156 e. The Morgan fingerprint density at radius 2 is 2.27 bits per heavy atom. The maximum absolute atomic E-state index is 4.45. The third kappa shape index (κ3) is 5.42. The van der Waals surface area contributed by atoms with Gasteiger partial charge >= 0.3 is 0 Å². The molecule has 15 heavy (non-hydrogen) atoms. The molecule has 0 spiro atoms. The van der Waals surface area contributed by atoms with Crippen LogP contribution in [0.25, 0.3) is 0 Å². The number of rotatable bonds is 6. The molecule has 0 aliphatic carbocycles. The SMILES string of the molecule is CCCN(CC)CCNC1=NCCCS1. The third-order valence-corrected chi connectivity index (χ3v) is 3.53. The van der Waals surface area contributed by atoms with Crippen molar-refractivity contribution in [2.45, 2.75) is 26.7 Å². The zero-order valence-corrected chi connectivity index (χ0v) is 10.8. The Morgan fingerprint density at radius 1 is 1.40 bits per heavy atom. The second-order valence-electron chi connectivity index (χ2n) is 3.75. The van der Waals surface area contributed by atoms with E-state index in [4.69, 9.17) is 0 Å². The summed E-state index contributed by atoms with van der Waals surface area (Å²) in [4.78, 5) is 6.92. The van der Waals surface area contributed by atoms with Gasteiger partial charge in [-0.15, -0.1) is 0 Å². The number of nitrogens with one attached hydrogen (secondary N) is 1. The van der Waals surface area contributed by atoms with Crippen molar-refractivity contribution < 1.29 is 0 Å². The van der Waals surface area contributed by atoms with Crippen molar-refractivity contribution in [3.8, 4) is 0 Å². The molecule has 3 nitrogen and oxygen atoms in total. The first-order chi connectivity index (χ1) is 7.36. The van der Waals surface area contributed by atoms with Crippen LogP contribution in [0.15, 0.2) is 4.99 Å². The standard InChI is InChI=1S/C11H23N3S/c1-3-8-14(4-2)9-7-13-11-12-6-5-10-15-11/h3-10H2,1-2H3,(H,12,13). The van der Waals surface area contributed by atoms with E-state index >= 15 is 0 Å². The molecule has 0 bridgehead atoms. The number of hydrogen-bond acceptors (Lipinski definition) is 4. The van der Waals surface area contributed by atoms with Gasteiger partial charge in [0.25, 0.3) is 0 Å². The van der Waals surface area contributed by atoms with Gasteiger partial charge in [-0.3, -0.25) is 4.99 Å². The Labute approximate surface area is 97.7 Å². The Balaban J connectivity index is 2.11. The summed E-state index contributed by atoms with van der Waals surface area (Å²) < 4.78 is 0. The second-order valence-corrected chi connectivity index (χ2v) is 4.83. The fourth-order valence-corrected chi connectivity index (χ4v) is 2.49. The first-order valence-corrected chi connectivity index (χ1v) is 6.98. The van der Waals surface area contributed by atoms with E-state index in [0.717, 1.165) is 31.3 Å². The summed E-state index contributed by atoms with van der Waals surface area (Å²) in [5.41, 5.74) is 0. The highest BCUT2D eigenvalue weighted by Crippen LogP contribution is 2.09. The monoisotopic (exact) mass is 229 g/mol. The molecule has 0 aromatic rings. The molecular formula is C11H23N3S. The van der Waals surface area contributed by atoms with Crippen molar-refractivity contribution in [2.75, 3.05) is 38.5 Å². The van der Waals surface area contributed by atoms with Gasteiger partial charge < -0.3 is 10.2 Å². The number of thioether (sulfide) groups is 1. The summed E-state index contributed by atoms with van der Waals surface area (Å²) in [5.74, 6) is 1.22. The Kier molecular flexibility index (Phi) is 6.85. The van der Waals surface area contributed by atoms with E-state index in [1.54, 1.807) is 0 Å². The normalized spacial score (nSPS) is 16.6. The fraction of sp³-hybridized carbons (Fsp3) is 0.909. The predicted octanol–water partition coefficient (Wildman–Crippen LogP) is 1.80. The summed E-state index contributed by atoms with van der Waals surface area (Å²) in [6, 6.07) is 0. The van der Waals surface area contributed by atoms with Crippen LogP contribution in [-0.2, 0) is 0 Å². The molecule has 1 aliphatic heterocycles. The molecule has 0 fully saturated rings. The lowest BCUT2D eigenvalue weighted by atomic mass is 10.4. The molecule has 1 aliphatic rings. The lowest BCUT2D eigenvalue weighted by Crippen LogP contribution is -2.35. The Morgan fingerprint density at radius 3 is 2.87 bits per heavy atom. The van der Waals surface area contributed by atoms with Gasteiger partial charge in [-0.05, 0) is 25.9 Å². The zero-order chi connectivity index (χ0) is 10.9. The number of amidine groups is 1. The van der Waals surface area contributed by atoms with Crippen LogP contribution < -0.4 is 5.32 Å². The predicted molar refractivity (Wildman–Crippen MR) is 69.8 cm³/mol. The van der Waals surface area contributed by atoms with Gasteiger partial charge in [0.2, 0.25) is 0 Å². The third-order valence-electron chi connectivity index (χ3n) is 2.49. The van der Waals surface area contributed by atoms with Crippen molar-refractivity contribution in [2.24, 2.45) is 4.99 Å². The molecule has 88 valence electrons. The van der Waals surface area contributed by atoms with Crippen molar-refractivity contribution in [3.63, 3.8) is 0 Å². The Bertz CT molecular complexity index is 194. The van der Waals surface area contributed by atoms with E-state index in [2.05, 4.69) is 29.1 Å². The molecule has 0 unspecified atom stereocenters. The van der Waals surface area contributed by atoms with Gasteiger partial charge in [0.15, 0.2) is 5.17 Å². The van der Waals surface area contributed by atoms with Crippen molar-refractivity contribution in [1.82, 2.24) is 10.2 Å². The Hall–Kier alpha value is -0.220. The van der Waals surface area contributed by atoms with Crippen LogP contribution >= 0.6 is 11.8 Å². The van der Waals surface area contributed by atoms with Crippen molar-refractivity contribution in [3.05, 3.63) is 0 Å². The smallest absolute Gasteiger partial charge is 0.156 e. The topological polar surface area (TPSA) is 27.6 Å². The van der Waals surface area contributed by atoms with Crippen LogP contribution in [0.4, 0.5) is 0 Å². The van der Waals surface area contributed by atoms with Crippen LogP contribution in [0.1, 0.15) is 26.7 Å². The van der Waals surface area contributed by atoms with E-state index in [1.165, 1.54) is 25.1 Å². The molecule has 0 radical (unpaired) electrons. The van der Waals surface area contributed by atoms with Crippen LogP contribution in [0.2, 0.25) is 0 Å². The molecule has 0 aromatic heterocycles. The highest BCUT2D eigenvalue weighted by Gasteiger charge is 2.05. The average Bonchev–Trinajstić information content (AvgIpc) is 2.29. The van der Waals surface area contributed by atoms with Gasteiger partial charge in [0.1, 0.15) is 0 Å². The van der Waals surface area contributed by atoms with Gasteiger partial charge in [0.05, 0.1) is 0 Å². The first kappa shape index (κ1) is 12.8. The van der Waals surface area contributed by atoms with Crippen molar-refractivity contribution in [1.29, 1.82) is 0 Å². The van der Waals surface area contributed by atoms with E-state index in [1.807, 2.05) is 11.8 Å². The van der Waals surface area contributed by atoms with E-state index in [-0.39, 0.29) is 0 Å². The van der Waals surface area contributed by atoms with Gasteiger partial charge in [-0.2, -0.15) is 0 Å². The lowest BCUT2D eigenvalue weighted by molar-refractivity contribution is 0.293. The fourth-order valence-electron chi connectivity index (χ4n) is 1.63. The minimum atomic E-state index is 1.00. The zero-order valence-electron chi connectivity index (χ0n) is 9.96. The van der Waals surface area contributed by atoms with E-state index in [9.17, 15) is 0 Å². The van der Waals surface area contributed by atoms with Gasteiger partial charge in [-0.1, -0.05) is 25.6 Å². The van der Waals surface area contributed by atoms with E-state index in [0.29, 0.717) is 0 Å². The summed E-state index contributed by atoms with van der Waals surface area (Å²) >= 11 is 1.86. The molecule has 0 atom stereocenters. The molecule has 0 saturated carbocycles. The molecule has 4 heteroatoms. The molecule has 1 rings (SSSR count). The minimum absolute atomic E-state index is 1.00. The largest absolute Gasteiger partial charge is 0.364 e. The van der Waals surface area contributed by atoms with Crippen molar-refractivity contribution >= 4 is 16.9 Å². The van der Waals surface area contributed by atoms with Crippen LogP contribution in [-0.4, -0.2) is 48.5 Å². The lowest BCUT2D eigenvalue weighted by Gasteiger charge is -2.20. The summed E-state index contributed by atoms with van der Waals surface area (Å²) in [6.07, 6.45) is 2.47. The minimum Gasteiger partial charge on any atom is -0.364 e. The summed E-state index contributed by atoms with van der Waals surface area (Å²) in [5, 5.41) is 4.56. The molecule has 0 aromatic carbocycles. The number of hydrogen-bond donors (Lipinski definition) is 1. The molecule has 0 amide bonds.